The van der Waals surface area contributed by atoms with Gasteiger partial charge in [-0.25, -0.2) is 5.48 Å². The number of nitrogens with one attached hydrogen (secondary N) is 1. The number of nitrogens with two attached hydrogens (primary N) is 1. The number of primary amides is 1. The Bertz CT molecular complexity index is 457. The van der Waals surface area contributed by atoms with Gasteiger partial charge in [0.15, 0.2) is 6.61 Å². The lowest BCUT2D eigenvalue weighted by molar-refractivity contribution is -0.135. The normalized spacial score (nSPS) is 10.1. The Morgan fingerprint density at radius 3 is 2.78 bits per heavy atom. The van der Waals surface area contributed by atoms with E-state index in [1.807, 2.05) is 0 Å². The zero-order chi connectivity index (χ0) is 13.5. The molecule has 0 heterocycles. The fourth-order valence-corrected chi connectivity index (χ4v) is 2.23. The lowest BCUT2D eigenvalue weighted by Gasteiger charge is -2.05. The van der Waals surface area contributed by atoms with Gasteiger partial charge in [-0.05, 0) is 18.2 Å². The summed E-state index contributed by atoms with van der Waals surface area (Å²) in [7, 11) is 0. The quantitative estimate of drug-likeness (QED) is 0.618. The summed E-state index contributed by atoms with van der Waals surface area (Å²) in [6.07, 6.45) is 0. The van der Waals surface area contributed by atoms with Crippen molar-refractivity contribution >= 4 is 46.8 Å². The van der Waals surface area contributed by atoms with Crippen LogP contribution in [0.3, 0.4) is 0 Å². The zero-order valence-electron chi connectivity index (χ0n) is 9.11. The maximum Gasteiger partial charge on any atom is 0.253 e. The molecule has 3 N–H and O–H groups in total. The topological polar surface area (TPSA) is 81.4 Å². The number of carbonyl (C=O) groups excluding carboxylic acids is 2. The summed E-state index contributed by atoms with van der Waals surface area (Å²) in [5.41, 5.74) is 6.91. The summed E-state index contributed by atoms with van der Waals surface area (Å²) in [6, 6.07) is 4.96. The van der Waals surface area contributed by atoms with E-state index in [-0.39, 0.29) is 12.4 Å². The summed E-state index contributed by atoms with van der Waals surface area (Å²) in [5, 5.41) is 1.04. The summed E-state index contributed by atoms with van der Waals surface area (Å²) in [5.74, 6) is -0.989. The SMILES string of the molecule is NC(=O)CONC(=O)CSc1cc(Cl)ccc1Cl. The van der Waals surface area contributed by atoms with E-state index >= 15 is 0 Å². The minimum absolute atomic E-state index is 0.0822. The molecule has 0 aliphatic rings. The van der Waals surface area contributed by atoms with Crippen LogP contribution in [-0.2, 0) is 14.4 Å². The summed E-state index contributed by atoms with van der Waals surface area (Å²) in [6.45, 7) is -0.367. The Morgan fingerprint density at radius 1 is 1.39 bits per heavy atom. The molecule has 0 unspecified atom stereocenters. The van der Waals surface area contributed by atoms with Crippen molar-refractivity contribution in [2.24, 2.45) is 5.73 Å². The zero-order valence-corrected chi connectivity index (χ0v) is 11.4. The van der Waals surface area contributed by atoms with Gasteiger partial charge in [-0.2, -0.15) is 0 Å². The molecular formula is C10H10Cl2N2O3S. The molecule has 1 aromatic carbocycles. The first-order chi connectivity index (χ1) is 8.49. The molecule has 8 heteroatoms. The Balaban J connectivity index is 2.38. The number of thioether (sulfide) groups is 1. The standard InChI is InChI=1S/C10H10Cl2N2O3S/c11-6-1-2-7(12)8(3-6)18-5-10(16)14-17-4-9(13)15/h1-3H,4-5H2,(H2,13,15)(H,14,16). The molecule has 1 aromatic rings. The summed E-state index contributed by atoms with van der Waals surface area (Å²) >= 11 is 12.9. The first kappa shape index (κ1) is 15.1. The Labute approximate surface area is 118 Å². The van der Waals surface area contributed by atoms with Gasteiger partial charge in [-0.1, -0.05) is 23.2 Å². The van der Waals surface area contributed by atoms with Crippen LogP contribution in [0.15, 0.2) is 23.1 Å². The number of carbonyl (C=O) groups is 2. The van der Waals surface area contributed by atoms with Crippen molar-refractivity contribution < 1.29 is 14.4 Å². The van der Waals surface area contributed by atoms with E-state index in [1.165, 1.54) is 11.8 Å². The van der Waals surface area contributed by atoms with E-state index in [0.29, 0.717) is 14.9 Å². The predicted molar refractivity (Wildman–Crippen MR) is 70.5 cm³/mol. The highest BCUT2D eigenvalue weighted by Crippen LogP contribution is 2.29. The number of amides is 2. The van der Waals surface area contributed by atoms with Crippen molar-refractivity contribution in [3.05, 3.63) is 28.2 Å². The van der Waals surface area contributed by atoms with Gasteiger partial charge in [0, 0.05) is 9.92 Å². The molecule has 5 nitrogen and oxygen atoms in total. The average molecular weight is 309 g/mol. The Kier molecular flexibility index (Phi) is 6.28. The molecule has 18 heavy (non-hydrogen) atoms. The highest BCUT2D eigenvalue weighted by Gasteiger charge is 2.07. The van der Waals surface area contributed by atoms with Crippen LogP contribution >= 0.6 is 35.0 Å². The predicted octanol–water partition coefficient (Wildman–Crippen LogP) is 1.62. The van der Waals surface area contributed by atoms with Crippen LogP contribution in [0, 0.1) is 0 Å². The lowest BCUT2D eigenvalue weighted by Crippen LogP contribution is -2.30. The summed E-state index contributed by atoms with van der Waals surface area (Å²) < 4.78 is 0. The number of hydrogen-bond donors (Lipinski definition) is 2. The lowest BCUT2D eigenvalue weighted by atomic mass is 10.4. The van der Waals surface area contributed by atoms with E-state index < -0.39 is 11.8 Å². The molecule has 0 aliphatic heterocycles. The molecule has 0 aromatic heterocycles. The highest BCUT2D eigenvalue weighted by atomic mass is 35.5. The molecule has 0 saturated carbocycles. The highest BCUT2D eigenvalue weighted by molar-refractivity contribution is 8.00. The van der Waals surface area contributed by atoms with Crippen LogP contribution in [-0.4, -0.2) is 24.2 Å². The monoisotopic (exact) mass is 308 g/mol. The molecule has 0 bridgehead atoms. The third-order valence-corrected chi connectivity index (χ3v) is 3.38. The number of hydrogen-bond acceptors (Lipinski definition) is 4. The number of rotatable bonds is 6. The third-order valence-electron chi connectivity index (χ3n) is 1.65. The molecule has 0 radical (unpaired) electrons. The first-order valence-corrected chi connectivity index (χ1v) is 6.50. The van der Waals surface area contributed by atoms with Crippen LogP contribution < -0.4 is 11.2 Å². The van der Waals surface area contributed by atoms with Crippen molar-refractivity contribution in [1.82, 2.24) is 5.48 Å². The van der Waals surface area contributed by atoms with Crippen LogP contribution in [0.2, 0.25) is 10.0 Å². The average Bonchev–Trinajstić information content (AvgIpc) is 2.30. The largest absolute Gasteiger partial charge is 0.368 e. The number of benzene rings is 1. The van der Waals surface area contributed by atoms with Gasteiger partial charge in [0.1, 0.15) is 0 Å². The maximum atomic E-state index is 11.3. The van der Waals surface area contributed by atoms with Gasteiger partial charge in [-0.15, -0.1) is 11.8 Å². The van der Waals surface area contributed by atoms with Crippen molar-refractivity contribution in [2.75, 3.05) is 12.4 Å². The minimum atomic E-state index is -0.666. The van der Waals surface area contributed by atoms with Gasteiger partial charge in [0.2, 0.25) is 5.91 Å². The molecular weight excluding hydrogens is 299 g/mol. The van der Waals surface area contributed by atoms with Crippen molar-refractivity contribution in [3.8, 4) is 0 Å². The second kappa shape index (κ2) is 7.48. The van der Waals surface area contributed by atoms with Gasteiger partial charge in [0.05, 0.1) is 10.8 Å². The smallest absolute Gasteiger partial charge is 0.253 e. The Hall–Kier alpha value is -0.950. The van der Waals surface area contributed by atoms with E-state index in [0.717, 1.165) is 0 Å². The van der Waals surface area contributed by atoms with Crippen LogP contribution in [0.1, 0.15) is 0 Å². The van der Waals surface area contributed by atoms with E-state index in [4.69, 9.17) is 28.9 Å². The number of halogens is 2. The van der Waals surface area contributed by atoms with Gasteiger partial charge < -0.3 is 5.73 Å². The minimum Gasteiger partial charge on any atom is -0.368 e. The van der Waals surface area contributed by atoms with E-state index in [2.05, 4.69) is 10.3 Å². The van der Waals surface area contributed by atoms with E-state index in [1.54, 1.807) is 18.2 Å². The van der Waals surface area contributed by atoms with Gasteiger partial charge in [-0.3, -0.25) is 14.4 Å². The van der Waals surface area contributed by atoms with Crippen LogP contribution in [0.4, 0.5) is 0 Å². The molecule has 1 rings (SSSR count). The van der Waals surface area contributed by atoms with Crippen LogP contribution in [0.25, 0.3) is 0 Å². The molecule has 0 atom stereocenters. The molecule has 0 fully saturated rings. The van der Waals surface area contributed by atoms with Gasteiger partial charge >= 0.3 is 0 Å². The molecule has 0 aliphatic carbocycles. The second-order valence-electron chi connectivity index (χ2n) is 3.14. The van der Waals surface area contributed by atoms with Crippen molar-refractivity contribution in [2.45, 2.75) is 4.90 Å². The van der Waals surface area contributed by atoms with Crippen LogP contribution in [0.5, 0.6) is 0 Å². The molecule has 0 saturated heterocycles. The number of hydroxylamine groups is 1. The van der Waals surface area contributed by atoms with Gasteiger partial charge in [0.25, 0.3) is 5.91 Å². The molecule has 98 valence electrons. The summed E-state index contributed by atoms with van der Waals surface area (Å²) in [4.78, 5) is 26.9. The third kappa shape index (κ3) is 5.59. The van der Waals surface area contributed by atoms with Crippen molar-refractivity contribution in [1.29, 1.82) is 0 Å². The fourth-order valence-electron chi connectivity index (χ4n) is 0.948. The van der Waals surface area contributed by atoms with Crippen molar-refractivity contribution in [3.63, 3.8) is 0 Å². The first-order valence-electron chi connectivity index (χ1n) is 4.76. The fraction of sp³-hybridized carbons (Fsp3) is 0.200. The molecule has 0 spiro atoms. The second-order valence-corrected chi connectivity index (χ2v) is 5.00. The van der Waals surface area contributed by atoms with E-state index in [9.17, 15) is 9.59 Å². The maximum absolute atomic E-state index is 11.3. The Morgan fingerprint density at radius 2 is 2.11 bits per heavy atom. The molecule has 2 amide bonds.